The van der Waals surface area contributed by atoms with Gasteiger partial charge in [0.1, 0.15) is 0 Å². The van der Waals surface area contributed by atoms with E-state index in [4.69, 9.17) is 0 Å². The van der Waals surface area contributed by atoms with Crippen molar-refractivity contribution in [3.8, 4) is 0 Å². The zero-order valence-corrected chi connectivity index (χ0v) is 9.39. The van der Waals surface area contributed by atoms with Crippen LogP contribution in [0, 0.1) is 0 Å². The van der Waals surface area contributed by atoms with Gasteiger partial charge in [0.2, 0.25) is 0 Å². The highest BCUT2D eigenvalue weighted by Crippen LogP contribution is 2.35. The zero-order chi connectivity index (χ0) is 8.93. The summed E-state index contributed by atoms with van der Waals surface area (Å²) in [6.07, 6.45) is 7.47. The van der Waals surface area contributed by atoms with Gasteiger partial charge >= 0.3 is 0 Å². The largest absolute Gasteiger partial charge is 0.314 e. The van der Waals surface area contributed by atoms with Crippen molar-refractivity contribution in [3.05, 3.63) is 0 Å². The van der Waals surface area contributed by atoms with Crippen molar-refractivity contribution >= 4 is 8.73 Å². The maximum atomic E-state index is 3.41. The molecule has 0 spiro atoms. The fraction of sp³-hybridized carbons (Fsp3) is 1.00. The van der Waals surface area contributed by atoms with E-state index in [9.17, 15) is 0 Å². The molecule has 0 bridgehead atoms. The van der Waals surface area contributed by atoms with E-state index in [0.29, 0.717) is 0 Å². The van der Waals surface area contributed by atoms with Crippen LogP contribution in [0.15, 0.2) is 0 Å². The van der Waals surface area contributed by atoms with E-state index < -0.39 is 0 Å². The molecule has 3 heteroatoms. The summed E-state index contributed by atoms with van der Waals surface area (Å²) < 4.78 is 2.67. The van der Waals surface area contributed by atoms with E-state index in [0.717, 1.165) is 14.4 Å². The van der Waals surface area contributed by atoms with Crippen molar-refractivity contribution < 1.29 is 0 Å². The Morgan fingerprint density at radius 2 is 1.69 bits per heavy atom. The lowest BCUT2D eigenvalue weighted by Crippen LogP contribution is -2.40. The Bertz CT molecular complexity index is 124. The first-order valence-corrected chi connectivity index (χ1v) is 6.69. The van der Waals surface area contributed by atoms with E-state index in [1.54, 1.807) is 0 Å². The molecule has 2 aliphatic rings. The molecule has 76 valence electrons. The third-order valence-corrected chi connectivity index (χ3v) is 4.84. The highest BCUT2D eigenvalue weighted by atomic mass is 31.1. The second-order valence-corrected chi connectivity index (χ2v) is 5.91. The van der Waals surface area contributed by atoms with Crippen LogP contribution in [0.25, 0.3) is 0 Å². The smallest absolute Gasteiger partial charge is 0.0145 e. The first-order valence-electron chi connectivity index (χ1n) is 5.67. The number of rotatable bonds is 2. The summed E-state index contributed by atoms with van der Waals surface area (Å²) in [5.41, 5.74) is 1.05. The molecular formula is C10H21N2P. The molecule has 2 fully saturated rings. The molecule has 1 aliphatic heterocycles. The Labute approximate surface area is 83.3 Å². The third-order valence-electron chi connectivity index (χ3n) is 3.09. The summed E-state index contributed by atoms with van der Waals surface area (Å²) in [5, 5.41) is 3.41. The number of hydrogen-bond acceptors (Lipinski definition) is 2. The lowest BCUT2D eigenvalue weighted by Gasteiger charge is -2.32. The van der Waals surface area contributed by atoms with Crippen LogP contribution in [-0.2, 0) is 0 Å². The standard InChI is InChI=1S/C10H21N2P/c1-2-4-10(5-3-1)13-12-8-6-11-7-9-12/h10-11,13H,1-9H2. The summed E-state index contributed by atoms with van der Waals surface area (Å²) in [7, 11) is 1.12. The van der Waals surface area contributed by atoms with Crippen molar-refractivity contribution in [1.82, 2.24) is 9.99 Å². The predicted molar refractivity (Wildman–Crippen MR) is 59.6 cm³/mol. The monoisotopic (exact) mass is 200 g/mol. The van der Waals surface area contributed by atoms with E-state index in [1.807, 2.05) is 0 Å². The van der Waals surface area contributed by atoms with E-state index in [-0.39, 0.29) is 0 Å². The summed E-state index contributed by atoms with van der Waals surface area (Å²) >= 11 is 0. The third kappa shape index (κ3) is 3.19. The van der Waals surface area contributed by atoms with Crippen LogP contribution in [0.2, 0.25) is 0 Å². The van der Waals surface area contributed by atoms with Crippen molar-refractivity contribution in [3.63, 3.8) is 0 Å². The van der Waals surface area contributed by atoms with Gasteiger partial charge in [-0.2, -0.15) is 0 Å². The molecule has 13 heavy (non-hydrogen) atoms. The van der Waals surface area contributed by atoms with Gasteiger partial charge in [0.05, 0.1) is 0 Å². The van der Waals surface area contributed by atoms with Crippen LogP contribution in [0.5, 0.6) is 0 Å². The van der Waals surface area contributed by atoms with Gasteiger partial charge in [-0.05, 0) is 27.2 Å². The average molecular weight is 200 g/mol. The molecule has 1 atom stereocenters. The molecule has 1 saturated carbocycles. The van der Waals surface area contributed by atoms with Gasteiger partial charge in [-0.1, -0.05) is 19.3 Å². The van der Waals surface area contributed by atoms with Gasteiger partial charge in [0, 0.05) is 26.2 Å². The molecular weight excluding hydrogens is 179 g/mol. The Kier molecular flexibility index (Phi) is 4.02. The molecule has 2 nitrogen and oxygen atoms in total. The fourth-order valence-electron chi connectivity index (χ4n) is 2.28. The molecule has 0 radical (unpaired) electrons. The zero-order valence-electron chi connectivity index (χ0n) is 8.39. The van der Waals surface area contributed by atoms with Crippen LogP contribution < -0.4 is 5.32 Å². The normalized spacial score (nSPS) is 28.6. The van der Waals surface area contributed by atoms with Gasteiger partial charge in [0.15, 0.2) is 0 Å². The van der Waals surface area contributed by atoms with E-state index in [2.05, 4.69) is 9.99 Å². The molecule has 1 aliphatic carbocycles. The number of nitrogens with zero attached hydrogens (tertiary/aromatic N) is 1. The Hall–Kier alpha value is 0.350. The molecule has 0 aromatic heterocycles. The SMILES string of the molecule is C1CCC(PN2CCNCC2)CC1. The summed E-state index contributed by atoms with van der Waals surface area (Å²) in [4.78, 5) is 0. The maximum absolute atomic E-state index is 3.41. The van der Waals surface area contributed by atoms with E-state index in [1.165, 1.54) is 58.3 Å². The molecule has 0 amide bonds. The highest BCUT2D eigenvalue weighted by Gasteiger charge is 2.18. The fourth-order valence-corrected chi connectivity index (χ4v) is 3.95. The van der Waals surface area contributed by atoms with Gasteiger partial charge in [-0.15, -0.1) is 0 Å². The molecule has 1 N–H and O–H groups in total. The Morgan fingerprint density at radius 3 is 2.38 bits per heavy atom. The summed E-state index contributed by atoms with van der Waals surface area (Å²) in [6, 6.07) is 0. The topological polar surface area (TPSA) is 15.3 Å². The molecule has 1 heterocycles. The van der Waals surface area contributed by atoms with E-state index >= 15 is 0 Å². The Balaban J connectivity index is 1.69. The molecule has 0 aromatic carbocycles. The number of nitrogens with one attached hydrogen (secondary N) is 1. The second kappa shape index (κ2) is 5.29. The summed E-state index contributed by atoms with van der Waals surface area (Å²) in [6.45, 7) is 4.99. The highest BCUT2D eigenvalue weighted by molar-refractivity contribution is 7.36. The van der Waals surface area contributed by atoms with Crippen LogP contribution in [0.4, 0.5) is 0 Å². The van der Waals surface area contributed by atoms with Crippen molar-refractivity contribution in [2.45, 2.75) is 37.8 Å². The number of piperazine rings is 1. The quantitative estimate of drug-likeness (QED) is 0.684. The van der Waals surface area contributed by atoms with Gasteiger partial charge in [-0.3, -0.25) is 4.67 Å². The predicted octanol–water partition coefficient (Wildman–Crippen LogP) is 1.82. The lowest BCUT2D eigenvalue weighted by molar-refractivity contribution is 0.382. The molecule has 1 saturated heterocycles. The maximum Gasteiger partial charge on any atom is 0.0145 e. The van der Waals surface area contributed by atoms with Crippen molar-refractivity contribution in [1.29, 1.82) is 0 Å². The van der Waals surface area contributed by atoms with Crippen LogP contribution in [0.1, 0.15) is 32.1 Å². The number of hydrogen-bond donors (Lipinski definition) is 1. The molecule has 0 aromatic rings. The first-order chi connectivity index (χ1) is 6.45. The average Bonchev–Trinajstić information content (AvgIpc) is 2.21. The minimum absolute atomic E-state index is 1.05. The van der Waals surface area contributed by atoms with Crippen LogP contribution in [-0.4, -0.2) is 36.5 Å². The Morgan fingerprint density at radius 1 is 1.00 bits per heavy atom. The van der Waals surface area contributed by atoms with Crippen LogP contribution in [0.3, 0.4) is 0 Å². The first kappa shape index (κ1) is 9.89. The minimum Gasteiger partial charge on any atom is -0.314 e. The minimum atomic E-state index is 1.05. The second-order valence-electron chi connectivity index (χ2n) is 4.20. The van der Waals surface area contributed by atoms with Crippen molar-refractivity contribution in [2.75, 3.05) is 26.2 Å². The van der Waals surface area contributed by atoms with Crippen molar-refractivity contribution in [2.24, 2.45) is 0 Å². The molecule has 1 unspecified atom stereocenters. The lowest BCUT2D eigenvalue weighted by atomic mass is 10.0. The molecule has 2 rings (SSSR count). The van der Waals surface area contributed by atoms with Gasteiger partial charge < -0.3 is 5.32 Å². The summed E-state index contributed by atoms with van der Waals surface area (Å²) in [5.74, 6) is 0. The van der Waals surface area contributed by atoms with Gasteiger partial charge in [0.25, 0.3) is 0 Å². The van der Waals surface area contributed by atoms with Gasteiger partial charge in [-0.25, -0.2) is 0 Å². The van der Waals surface area contributed by atoms with Crippen LogP contribution >= 0.6 is 8.73 Å².